The van der Waals surface area contributed by atoms with Crippen LogP contribution in [0.3, 0.4) is 0 Å². The van der Waals surface area contributed by atoms with E-state index < -0.39 is 5.92 Å². The monoisotopic (exact) mass is 367 g/mol. The van der Waals surface area contributed by atoms with E-state index in [4.69, 9.17) is 27.9 Å². The summed E-state index contributed by atoms with van der Waals surface area (Å²) in [4.78, 5) is 26.8. The summed E-state index contributed by atoms with van der Waals surface area (Å²) >= 11 is 12.0. The zero-order valence-electron chi connectivity index (χ0n) is 13.4. The highest BCUT2D eigenvalue weighted by atomic mass is 35.5. The van der Waals surface area contributed by atoms with E-state index in [2.05, 4.69) is 6.08 Å². The third-order valence-corrected chi connectivity index (χ3v) is 5.60. The van der Waals surface area contributed by atoms with Gasteiger partial charge in [-0.05, 0) is 36.5 Å². The zero-order valence-corrected chi connectivity index (χ0v) is 14.9. The number of rotatable bonds is 3. The van der Waals surface area contributed by atoms with Crippen LogP contribution in [0, 0.1) is 17.8 Å². The molecule has 1 aromatic rings. The number of ether oxygens (including phenoxy) is 1. The van der Waals surface area contributed by atoms with Crippen molar-refractivity contribution in [1.29, 1.82) is 0 Å². The Morgan fingerprint density at radius 2 is 2.12 bits per heavy atom. The fourth-order valence-corrected chi connectivity index (χ4v) is 3.95. The van der Waals surface area contributed by atoms with E-state index in [1.807, 2.05) is 12.1 Å². The number of allylic oxidation sites excluding steroid dienone is 2. The molecule has 1 aliphatic carbocycles. The molecule has 0 spiro atoms. The number of halogens is 2. The van der Waals surface area contributed by atoms with Gasteiger partial charge < -0.3 is 9.64 Å². The molecule has 1 aromatic carbocycles. The van der Waals surface area contributed by atoms with E-state index in [0.717, 1.165) is 12.0 Å². The van der Waals surface area contributed by atoms with E-state index in [1.165, 1.54) is 7.11 Å². The number of piperidine rings is 1. The second-order valence-corrected chi connectivity index (χ2v) is 7.09. The summed E-state index contributed by atoms with van der Waals surface area (Å²) in [6.07, 6.45) is 5.46. The average Bonchev–Trinajstić information content (AvgIpc) is 2.59. The smallest absolute Gasteiger partial charge is 0.309 e. The molecular formula is C18H19Cl2NO3. The highest BCUT2D eigenvalue weighted by molar-refractivity contribution is 6.42. The van der Waals surface area contributed by atoms with Gasteiger partial charge in [0.05, 0.1) is 29.0 Å². The Morgan fingerprint density at radius 3 is 2.83 bits per heavy atom. The first-order valence-corrected chi connectivity index (χ1v) is 8.74. The number of nitrogens with zero attached hydrogens (tertiary/aromatic N) is 1. The molecule has 24 heavy (non-hydrogen) atoms. The minimum atomic E-state index is -0.394. The van der Waals surface area contributed by atoms with Crippen LogP contribution < -0.4 is 0 Å². The van der Waals surface area contributed by atoms with E-state index in [9.17, 15) is 9.59 Å². The van der Waals surface area contributed by atoms with Gasteiger partial charge in [0.15, 0.2) is 0 Å². The number of esters is 1. The van der Waals surface area contributed by atoms with Gasteiger partial charge in [-0.25, -0.2) is 0 Å². The maximum absolute atomic E-state index is 13.0. The summed E-state index contributed by atoms with van der Waals surface area (Å²) in [6.45, 7) is 1.13. The molecule has 0 aromatic heterocycles. The van der Waals surface area contributed by atoms with Crippen molar-refractivity contribution < 1.29 is 14.3 Å². The van der Waals surface area contributed by atoms with Crippen molar-refractivity contribution in [2.45, 2.75) is 19.4 Å². The van der Waals surface area contributed by atoms with Crippen LogP contribution >= 0.6 is 23.2 Å². The Hall–Kier alpha value is -1.52. The molecule has 0 bridgehead atoms. The van der Waals surface area contributed by atoms with Crippen molar-refractivity contribution in [1.82, 2.24) is 4.90 Å². The Bertz CT molecular complexity index is 689. The van der Waals surface area contributed by atoms with E-state index >= 15 is 0 Å². The first-order chi connectivity index (χ1) is 11.5. The maximum atomic E-state index is 13.0. The largest absolute Gasteiger partial charge is 0.469 e. The van der Waals surface area contributed by atoms with E-state index in [-0.39, 0.29) is 23.7 Å². The van der Waals surface area contributed by atoms with Gasteiger partial charge in [-0.3, -0.25) is 9.59 Å². The van der Waals surface area contributed by atoms with Gasteiger partial charge in [-0.15, -0.1) is 0 Å². The number of hydrogen-bond acceptors (Lipinski definition) is 3. The van der Waals surface area contributed by atoms with Crippen molar-refractivity contribution in [3.63, 3.8) is 0 Å². The highest BCUT2D eigenvalue weighted by Gasteiger charge is 2.44. The summed E-state index contributed by atoms with van der Waals surface area (Å²) < 4.78 is 4.89. The summed E-state index contributed by atoms with van der Waals surface area (Å²) in [7, 11) is 1.37. The van der Waals surface area contributed by atoms with Gasteiger partial charge in [0.25, 0.3) is 0 Å². The minimum Gasteiger partial charge on any atom is -0.469 e. The normalized spacial score (nSPS) is 26.2. The lowest BCUT2D eigenvalue weighted by atomic mass is 9.71. The standard InChI is InChI=1S/C18H19Cl2NO3/c1-24-18(23)13-4-2-3-12-7-8-21(17(22)16(12)13)10-11-5-6-14(19)15(20)9-11/h2-3,5-6,9,12-13,16H,4,7-8,10H2,1H3/t12-,13-,16-/m1/s1. The van der Waals surface area contributed by atoms with Crippen molar-refractivity contribution in [2.24, 2.45) is 17.8 Å². The Kier molecular flexibility index (Phi) is 5.16. The van der Waals surface area contributed by atoms with Crippen molar-refractivity contribution in [3.05, 3.63) is 46.0 Å². The van der Waals surface area contributed by atoms with Gasteiger partial charge in [-0.2, -0.15) is 0 Å². The number of benzene rings is 1. The van der Waals surface area contributed by atoms with Gasteiger partial charge in [-0.1, -0.05) is 41.4 Å². The first-order valence-electron chi connectivity index (χ1n) is 7.98. The van der Waals surface area contributed by atoms with Crippen LogP contribution in [0.15, 0.2) is 30.4 Å². The molecule has 0 unspecified atom stereocenters. The van der Waals surface area contributed by atoms with Crippen molar-refractivity contribution in [3.8, 4) is 0 Å². The quantitative estimate of drug-likeness (QED) is 0.604. The second-order valence-electron chi connectivity index (χ2n) is 6.28. The van der Waals surface area contributed by atoms with Gasteiger partial charge in [0.2, 0.25) is 5.91 Å². The van der Waals surface area contributed by atoms with Crippen LogP contribution in [-0.4, -0.2) is 30.4 Å². The van der Waals surface area contributed by atoms with Crippen LogP contribution in [0.4, 0.5) is 0 Å². The van der Waals surface area contributed by atoms with Crippen LogP contribution in [0.25, 0.3) is 0 Å². The number of carbonyl (C=O) groups excluding carboxylic acids is 2. The lowest BCUT2D eigenvalue weighted by Crippen LogP contribution is -2.50. The molecule has 6 heteroatoms. The molecule has 2 aliphatic rings. The molecule has 1 heterocycles. The summed E-state index contributed by atoms with van der Waals surface area (Å²) in [6, 6.07) is 5.38. The molecule has 3 atom stereocenters. The molecule has 0 saturated carbocycles. The first kappa shape index (κ1) is 17.3. The minimum absolute atomic E-state index is 0.0112. The summed E-state index contributed by atoms with van der Waals surface area (Å²) in [5, 5.41) is 0.971. The number of methoxy groups -OCH3 is 1. The Morgan fingerprint density at radius 1 is 1.33 bits per heavy atom. The Labute approximate surface area is 151 Å². The predicted molar refractivity (Wildman–Crippen MR) is 92.7 cm³/mol. The molecule has 1 fully saturated rings. The molecule has 0 N–H and O–H groups in total. The van der Waals surface area contributed by atoms with Crippen LogP contribution in [0.2, 0.25) is 10.0 Å². The average molecular weight is 368 g/mol. The van der Waals surface area contributed by atoms with Gasteiger partial charge >= 0.3 is 5.97 Å². The molecule has 3 rings (SSSR count). The summed E-state index contributed by atoms with van der Waals surface area (Å²) in [5.74, 6) is -0.912. The van der Waals surface area contributed by atoms with E-state index in [0.29, 0.717) is 29.6 Å². The molecule has 0 radical (unpaired) electrons. The SMILES string of the molecule is COC(=O)[C@@H]1CC=C[C@@H]2CCN(Cc3ccc(Cl)c(Cl)c3)C(=O)[C@H]21. The second kappa shape index (κ2) is 7.16. The van der Waals surface area contributed by atoms with Gasteiger partial charge in [0.1, 0.15) is 0 Å². The Balaban J connectivity index is 1.79. The summed E-state index contributed by atoms with van der Waals surface area (Å²) in [5.41, 5.74) is 0.928. The third-order valence-electron chi connectivity index (χ3n) is 4.86. The fraction of sp³-hybridized carbons (Fsp3) is 0.444. The van der Waals surface area contributed by atoms with E-state index in [1.54, 1.807) is 17.0 Å². The van der Waals surface area contributed by atoms with Crippen LogP contribution in [0.1, 0.15) is 18.4 Å². The van der Waals surface area contributed by atoms with Crippen LogP contribution in [-0.2, 0) is 20.9 Å². The number of hydrogen-bond donors (Lipinski definition) is 0. The molecule has 1 aliphatic heterocycles. The van der Waals surface area contributed by atoms with Gasteiger partial charge in [0, 0.05) is 13.1 Å². The van der Waals surface area contributed by atoms with Crippen molar-refractivity contribution >= 4 is 35.1 Å². The lowest BCUT2D eigenvalue weighted by Gasteiger charge is -2.41. The highest BCUT2D eigenvalue weighted by Crippen LogP contribution is 2.38. The topological polar surface area (TPSA) is 46.6 Å². The molecule has 1 saturated heterocycles. The predicted octanol–water partition coefficient (Wildman–Crippen LogP) is 3.71. The maximum Gasteiger partial charge on any atom is 0.309 e. The molecule has 4 nitrogen and oxygen atoms in total. The lowest BCUT2D eigenvalue weighted by molar-refractivity contribution is -0.157. The van der Waals surface area contributed by atoms with Crippen molar-refractivity contribution in [2.75, 3.05) is 13.7 Å². The molecule has 128 valence electrons. The molecular weight excluding hydrogens is 349 g/mol. The number of fused-ring (bicyclic) bond motifs is 1. The number of amides is 1. The number of carbonyl (C=O) groups is 2. The zero-order chi connectivity index (χ0) is 17.3. The fourth-order valence-electron chi connectivity index (χ4n) is 3.63. The van der Waals surface area contributed by atoms with Crippen LogP contribution in [0.5, 0.6) is 0 Å². The third kappa shape index (κ3) is 3.31. The number of likely N-dealkylation sites (tertiary alicyclic amines) is 1. The molecule has 1 amide bonds.